The van der Waals surface area contributed by atoms with E-state index in [-0.39, 0.29) is 16.0 Å². The Morgan fingerprint density at radius 1 is 1.36 bits per heavy atom. The number of hydrogen-bond acceptors (Lipinski definition) is 4. The van der Waals surface area contributed by atoms with Crippen LogP contribution in [-0.4, -0.2) is 40.3 Å². The largest absolute Gasteiger partial charge is 0.396 e. The Labute approximate surface area is 135 Å². The molecule has 0 amide bonds. The molecule has 6 heteroatoms. The van der Waals surface area contributed by atoms with E-state index < -0.39 is 5.60 Å². The molecule has 1 aliphatic heterocycles. The molecule has 1 saturated carbocycles. The summed E-state index contributed by atoms with van der Waals surface area (Å²) in [5.74, 6) is 0. The van der Waals surface area contributed by atoms with Crippen molar-refractivity contribution >= 4 is 17.3 Å². The number of piperidine rings is 1. The van der Waals surface area contributed by atoms with Gasteiger partial charge in [-0.15, -0.1) is 0 Å². The second kappa shape index (κ2) is 5.55. The van der Waals surface area contributed by atoms with Crippen molar-refractivity contribution in [3.8, 4) is 0 Å². The molecular weight excluding hydrogens is 302 g/mol. The Morgan fingerprint density at radius 2 is 2.05 bits per heavy atom. The molecule has 1 aliphatic carbocycles. The number of nitrogen functional groups attached to an aromatic ring is 1. The third-order valence-corrected chi connectivity index (χ3v) is 5.89. The first-order valence-electron chi connectivity index (χ1n) is 7.92. The van der Waals surface area contributed by atoms with E-state index in [1.165, 1.54) is 10.6 Å². The quantitative estimate of drug-likeness (QED) is 0.868. The van der Waals surface area contributed by atoms with Crippen LogP contribution < -0.4 is 11.3 Å². The first-order chi connectivity index (χ1) is 10.4. The van der Waals surface area contributed by atoms with Crippen molar-refractivity contribution in [1.29, 1.82) is 0 Å². The van der Waals surface area contributed by atoms with Crippen LogP contribution in [-0.2, 0) is 6.54 Å². The summed E-state index contributed by atoms with van der Waals surface area (Å²) < 4.78 is 1.52. The lowest BCUT2D eigenvalue weighted by Crippen LogP contribution is -2.60. The smallest absolute Gasteiger partial charge is 0.252 e. The number of hydrogen-bond donors (Lipinski definition) is 2. The second-order valence-corrected chi connectivity index (χ2v) is 7.46. The SMILES string of the molecule is CN1CCC(O)(Cn2cc(N)c(Cl)cc2=O)C2(CCCC2)C1. The van der Waals surface area contributed by atoms with Crippen molar-refractivity contribution in [2.75, 3.05) is 25.9 Å². The van der Waals surface area contributed by atoms with E-state index in [4.69, 9.17) is 17.3 Å². The van der Waals surface area contributed by atoms with Gasteiger partial charge in [-0.05, 0) is 26.3 Å². The third-order valence-electron chi connectivity index (χ3n) is 5.56. The monoisotopic (exact) mass is 325 g/mol. The summed E-state index contributed by atoms with van der Waals surface area (Å²) in [5.41, 5.74) is 5.01. The number of nitrogens with zero attached hydrogens (tertiary/aromatic N) is 2. The molecule has 1 saturated heterocycles. The van der Waals surface area contributed by atoms with E-state index in [1.54, 1.807) is 6.20 Å². The predicted molar refractivity (Wildman–Crippen MR) is 88.1 cm³/mol. The number of pyridine rings is 1. The van der Waals surface area contributed by atoms with Crippen LogP contribution in [0.1, 0.15) is 32.1 Å². The lowest BCUT2D eigenvalue weighted by Gasteiger charge is -2.51. The van der Waals surface area contributed by atoms with Crippen LogP contribution in [0.3, 0.4) is 0 Å². The average molecular weight is 326 g/mol. The highest BCUT2D eigenvalue weighted by atomic mass is 35.5. The van der Waals surface area contributed by atoms with Gasteiger partial charge in [-0.25, -0.2) is 0 Å². The van der Waals surface area contributed by atoms with Crippen molar-refractivity contribution in [2.45, 2.75) is 44.2 Å². The maximum absolute atomic E-state index is 12.2. The molecule has 22 heavy (non-hydrogen) atoms. The normalized spacial score (nSPS) is 28.3. The van der Waals surface area contributed by atoms with Gasteiger partial charge in [0.05, 0.1) is 22.9 Å². The van der Waals surface area contributed by atoms with E-state index in [0.717, 1.165) is 38.8 Å². The fraction of sp³-hybridized carbons (Fsp3) is 0.688. The summed E-state index contributed by atoms with van der Waals surface area (Å²) in [5, 5.41) is 11.7. The molecule has 2 fully saturated rings. The van der Waals surface area contributed by atoms with Gasteiger partial charge in [-0.1, -0.05) is 24.4 Å². The summed E-state index contributed by atoms with van der Waals surface area (Å²) >= 11 is 5.90. The van der Waals surface area contributed by atoms with E-state index in [1.807, 2.05) is 0 Å². The van der Waals surface area contributed by atoms with Crippen molar-refractivity contribution in [3.05, 3.63) is 27.6 Å². The minimum atomic E-state index is -0.861. The van der Waals surface area contributed by atoms with Crippen molar-refractivity contribution in [2.24, 2.45) is 5.41 Å². The number of aromatic nitrogens is 1. The first-order valence-corrected chi connectivity index (χ1v) is 8.29. The van der Waals surface area contributed by atoms with Gasteiger partial charge in [0, 0.05) is 30.8 Å². The Kier molecular flexibility index (Phi) is 4.00. The standard InChI is InChI=1S/C16H24ClN3O2/c1-19-7-6-16(22,15(10-19)4-2-3-5-15)11-20-9-13(18)12(17)8-14(20)21/h8-9,22H,2-7,10-11,18H2,1H3. The van der Waals surface area contributed by atoms with Crippen molar-refractivity contribution in [3.63, 3.8) is 0 Å². The lowest BCUT2D eigenvalue weighted by atomic mass is 9.66. The molecule has 2 aliphatic rings. The molecule has 3 N–H and O–H groups in total. The van der Waals surface area contributed by atoms with Gasteiger partial charge in [0.2, 0.25) is 0 Å². The van der Waals surface area contributed by atoms with Gasteiger partial charge in [-0.3, -0.25) is 4.79 Å². The van der Waals surface area contributed by atoms with Gasteiger partial charge >= 0.3 is 0 Å². The van der Waals surface area contributed by atoms with Crippen LogP contribution in [0.4, 0.5) is 5.69 Å². The van der Waals surface area contributed by atoms with Gasteiger partial charge in [0.1, 0.15) is 0 Å². The molecular formula is C16H24ClN3O2. The molecule has 3 rings (SSSR count). The topological polar surface area (TPSA) is 71.5 Å². The Bertz CT molecular complexity index is 624. The Balaban J connectivity index is 1.95. The van der Waals surface area contributed by atoms with Crippen molar-refractivity contribution < 1.29 is 5.11 Å². The van der Waals surface area contributed by atoms with Crippen LogP contribution in [0.2, 0.25) is 5.02 Å². The van der Waals surface area contributed by atoms with Crippen LogP contribution >= 0.6 is 11.6 Å². The van der Waals surface area contributed by atoms with E-state index in [2.05, 4.69) is 11.9 Å². The summed E-state index contributed by atoms with van der Waals surface area (Å²) in [6.07, 6.45) is 6.57. The number of likely N-dealkylation sites (tertiary alicyclic amines) is 1. The van der Waals surface area contributed by atoms with Crippen LogP contribution in [0.25, 0.3) is 0 Å². The molecule has 1 atom stereocenters. The average Bonchev–Trinajstić information content (AvgIpc) is 2.91. The molecule has 1 aromatic heterocycles. The van der Waals surface area contributed by atoms with E-state index >= 15 is 0 Å². The summed E-state index contributed by atoms with van der Waals surface area (Å²) in [4.78, 5) is 14.5. The number of anilines is 1. The fourth-order valence-electron chi connectivity index (χ4n) is 4.28. The minimum Gasteiger partial charge on any atom is -0.396 e. The predicted octanol–water partition coefficient (Wildman–Crippen LogP) is 1.71. The zero-order valence-corrected chi connectivity index (χ0v) is 13.8. The Morgan fingerprint density at radius 3 is 2.73 bits per heavy atom. The fourth-order valence-corrected chi connectivity index (χ4v) is 4.42. The molecule has 1 spiro atoms. The molecule has 2 heterocycles. The molecule has 0 radical (unpaired) electrons. The van der Waals surface area contributed by atoms with Crippen LogP contribution in [0.5, 0.6) is 0 Å². The number of rotatable bonds is 2. The highest BCUT2D eigenvalue weighted by molar-refractivity contribution is 6.32. The molecule has 1 aromatic rings. The minimum absolute atomic E-state index is 0.117. The second-order valence-electron chi connectivity index (χ2n) is 7.05. The lowest BCUT2D eigenvalue weighted by molar-refractivity contribution is -0.139. The molecule has 0 bridgehead atoms. The van der Waals surface area contributed by atoms with Gasteiger partial charge in [-0.2, -0.15) is 0 Å². The Hall–Kier alpha value is -1.04. The molecule has 122 valence electrons. The highest BCUT2D eigenvalue weighted by Gasteiger charge is 2.54. The first kappa shape index (κ1) is 15.8. The number of aliphatic hydroxyl groups is 1. The highest BCUT2D eigenvalue weighted by Crippen LogP contribution is 2.51. The molecule has 0 aromatic carbocycles. The van der Waals surface area contributed by atoms with Crippen LogP contribution in [0, 0.1) is 5.41 Å². The summed E-state index contributed by atoms with van der Waals surface area (Å²) in [7, 11) is 2.10. The number of nitrogens with two attached hydrogens (primary N) is 1. The molecule has 1 unspecified atom stereocenters. The van der Waals surface area contributed by atoms with E-state index in [9.17, 15) is 9.90 Å². The zero-order valence-electron chi connectivity index (χ0n) is 13.0. The van der Waals surface area contributed by atoms with Gasteiger partial charge in [0.15, 0.2) is 0 Å². The van der Waals surface area contributed by atoms with E-state index in [0.29, 0.717) is 18.7 Å². The van der Waals surface area contributed by atoms with Gasteiger partial charge in [0.25, 0.3) is 5.56 Å². The maximum atomic E-state index is 12.2. The summed E-state index contributed by atoms with van der Waals surface area (Å²) in [6, 6.07) is 1.33. The maximum Gasteiger partial charge on any atom is 0.252 e. The summed E-state index contributed by atoms with van der Waals surface area (Å²) in [6.45, 7) is 2.03. The zero-order chi connectivity index (χ0) is 16.0. The third kappa shape index (κ3) is 2.55. The van der Waals surface area contributed by atoms with Gasteiger partial charge < -0.3 is 20.3 Å². The molecule has 5 nitrogen and oxygen atoms in total. The van der Waals surface area contributed by atoms with Crippen molar-refractivity contribution in [1.82, 2.24) is 9.47 Å². The van der Waals surface area contributed by atoms with Crippen LogP contribution in [0.15, 0.2) is 17.1 Å². The number of halogens is 1.